The van der Waals surface area contributed by atoms with E-state index in [1.54, 1.807) is 18.2 Å². The summed E-state index contributed by atoms with van der Waals surface area (Å²) in [6.07, 6.45) is 5.83. The maximum atomic E-state index is 12.3. The van der Waals surface area contributed by atoms with E-state index in [9.17, 15) is 8.78 Å². The van der Waals surface area contributed by atoms with E-state index in [4.69, 9.17) is 0 Å². The van der Waals surface area contributed by atoms with Gasteiger partial charge in [-0.15, -0.1) is 0 Å². The number of benzene rings is 1. The summed E-state index contributed by atoms with van der Waals surface area (Å²) in [6.45, 7) is 3.66. The topological polar surface area (TPSA) is 21.3 Å². The molecule has 0 aliphatic rings. The average molecular weight is 299 g/mol. The zero-order valence-electron chi connectivity index (χ0n) is 13.2. The molecule has 1 aromatic carbocycles. The van der Waals surface area contributed by atoms with E-state index in [0.717, 1.165) is 24.8 Å². The molecule has 0 fully saturated rings. The van der Waals surface area contributed by atoms with Gasteiger partial charge in [-0.25, -0.2) is 0 Å². The number of nitrogens with one attached hydrogen (secondary N) is 1. The third-order valence-electron chi connectivity index (χ3n) is 3.61. The molecule has 0 saturated heterocycles. The summed E-state index contributed by atoms with van der Waals surface area (Å²) in [5.74, 6) is 0.219. The third-order valence-corrected chi connectivity index (χ3v) is 3.61. The van der Waals surface area contributed by atoms with Gasteiger partial charge in [0.2, 0.25) is 0 Å². The number of hydrogen-bond acceptors (Lipinski definition) is 2. The minimum Gasteiger partial charge on any atom is -0.435 e. The fourth-order valence-corrected chi connectivity index (χ4v) is 2.52. The lowest BCUT2D eigenvalue weighted by atomic mass is 10.0. The molecule has 0 bridgehead atoms. The quantitative estimate of drug-likeness (QED) is 0.633. The van der Waals surface area contributed by atoms with Gasteiger partial charge in [-0.1, -0.05) is 45.2 Å². The Morgan fingerprint density at radius 2 is 1.90 bits per heavy atom. The number of hydrogen-bond donors (Lipinski definition) is 1. The lowest BCUT2D eigenvalue weighted by molar-refractivity contribution is -0.0499. The van der Waals surface area contributed by atoms with Crippen molar-refractivity contribution in [2.45, 2.75) is 71.6 Å². The molecule has 2 atom stereocenters. The van der Waals surface area contributed by atoms with Crippen LogP contribution in [0.25, 0.3) is 0 Å². The van der Waals surface area contributed by atoms with Crippen molar-refractivity contribution in [3.8, 4) is 5.75 Å². The lowest BCUT2D eigenvalue weighted by Crippen LogP contribution is -2.31. The first-order valence-electron chi connectivity index (χ1n) is 7.87. The number of ether oxygens (including phenoxy) is 1. The Kier molecular flexibility index (Phi) is 8.28. The van der Waals surface area contributed by atoms with Gasteiger partial charge < -0.3 is 10.1 Å². The molecule has 120 valence electrons. The lowest BCUT2D eigenvalue weighted by Gasteiger charge is -2.23. The van der Waals surface area contributed by atoms with E-state index in [2.05, 4.69) is 30.8 Å². The molecule has 0 heterocycles. The fraction of sp³-hybridized carbons (Fsp3) is 0.647. The van der Waals surface area contributed by atoms with E-state index < -0.39 is 6.61 Å². The minimum atomic E-state index is -2.78. The highest BCUT2D eigenvalue weighted by Gasteiger charge is 2.13. The summed E-state index contributed by atoms with van der Waals surface area (Å²) in [7, 11) is 0. The molecule has 1 aromatic rings. The zero-order valence-corrected chi connectivity index (χ0v) is 13.2. The SMILES string of the molecule is CCCCC(CCC)NC(C)c1cccc(OC(F)F)c1. The number of alkyl halides is 2. The number of unbranched alkanes of at least 4 members (excludes halogenated alkanes) is 1. The van der Waals surface area contributed by atoms with Crippen LogP contribution >= 0.6 is 0 Å². The van der Waals surface area contributed by atoms with Crippen LogP contribution in [0.4, 0.5) is 8.78 Å². The Balaban J connectivity index is 2.65. The first-order chi connectivity index (χ1) is 10.1. The highest BCUT2D eigenvalue weighted by Crippen LogP contribution is 2.22. The molecule has 1 rings (SSSR count). The second-order valence-electron chi connectivity index (χ2n) is 5.47. The first kappa shape index (κ1) is 17.9. The Hall–Kier alpha value is -1.16. The number of rotatable bonds is 10. The second-order valence-corrected chi connectivity index (χ2v) is 5.47. The van der Waals surface area contributed by atoms with E-state index in [1.807, 2.05) is 6.07 Å². The van der Waals surface area contributed by atoms with Crippen molar-refractivity contribution in [3.05, 3.63) is 29.8 Å². The predicted octanol–water partition coefficient (Wildman–Crippen LogP) is 5.30. The molecule has 0 saturated carbocycles. The van der Waals surface area contributed by atoms with Gasteiger partial charge in [-0.3, -0.25) is 0 Å². The van der Waals surface area contributed by atoms with Gasteiger partial charge in [-0.05, 0) is 37.5 Å². The van der Waals surface area contributed by atoms with E-state index in [1.165, 1.54) is 12.8 Å². The van der Waals surface area contributed by atoms with Crippen LogP contribution in [-0.4, -0.2) is 12.7 Å². The third kappa shape index (κ3) is 6.89. The molecule has 21 heavy (non-hydrogen) atoms. The van der Waals surface area contributed by atoms with Crippen LogP contribution in [-0.2, 0) is 0 Å². The van der Waals surface area contributed by atoms with Crippen LogP contribution in [0.2, 0.25) is 0 Å². The molecule has 2 unspecified atom stereocenters. The Morgan fingerprint density at radius 3 is 2.52 bits per heavy atom. The van der Waals surface area contributed by atoms with Crippen LogP contribution in [0, 0.1) is 0 Å². The van der Waals surface area contributed by atoms with Gasteiger partial charge in [0.15, 0.2) is 0 Å². The summed E-state index contributed by atoms with van der Waals surface area (Å²) in [4.78, 5) is 0. The maximum absolute atomic E-state index is 12.3. The number of halogens is 2. The first-order valence-corrected chi connectivity index (χ1v) is 7.87. The fourth-order valence-electron chi connectivity index (χ4n) is 2.52. The largest absolute Gasteiger partial charge is 0.435 e. The standard InChI is InChI=1S/C17H27F2NO/c1-4-6-10-15(8-5-2)20-13(3)14-9-7-11-16(12-14)21-17(18)19/h7,9,11-13,15,17,20H,4-6,8,10H2,1-3H3. The zero-order chi connectivity index (χ0) is 15.7. The summed E-state index contributed by atoms with van der Waals surface area (Å²) in [6, 6.07) is 7.55. The van der Waals surface area contributed by atoms with E-state index >= 15 is 0 Å². The van der Waals surface area contributed by atoms with Crippen molar-refractivity contribution < 1.29 is 13.5 Å². The van der Waals surface area contributed by atoms with Crippen molar-refractivity contribution in [3.63, 3.8) is 0 Å². The molecule has 0 aromatic heterocycles. The van der Waals surface area contributed by atoms with Gasteiger partial charge in [0.1, 0.15) is 5.75 Å². The van der Waals surface area contributed by atoms with Crippen LogP contribution in [0.5, 0.6) is 5.75 Å². The van der Waals surface area contributed by atoms with E-state index in [0.29, 0.717) is 6.04 Å². The summed E-state index contributed by atoms with van der Waals surface area (Å²) < 4.78 is 29.0. The van der Waals surface area contributed by atoms with Crippen molar-refractivity contribution >= 4 is 0 Å². The molecule has 0 radical (unpaired) electrons. The van der Waals surface area contributed by atoms with Crippen molar-refractivity contribution in [2.24, 2.45) is 0 Å². The van der Waals surface area contributed by atoms with Crippen LogP contribution in [0.3, 0.4) is 0 Å². The molecular formula is C17H27F2NO. The minimum absolute atomic E-state index is 0.125. The van der Waals surface area contributed by atoms with E-state index in [-0.39, 0.29) is 11.8 Å². The summed E-state index contributed by atoms with van der Waals surface area (Å²) >= 11 is 0. The smallest absolute Gasteiger partial charge is 0.387 e. The normalized spacial score (nSPS) is 14.2. The molecule has 2 nitrogen and oxygen atoms in total. The molecule has 0 aliphatic heterocycles. The molecular weight excluding hydrogens is 272 g/mol. The van der Waals surface area contributed by atoms with Crippen LogP contribution in [0.15, 0.2) is 24.3 Å². The van der Waals surface area contributed by atoms with Gasteiger partial charge in [0, 0.05) is 12.1 Å². The highest BCUT2D eigenvalue weighted by molar-refractivity contribution is 5.30. The van der Waals surface area contributed by atoms with Gasteiger partial charge in [-0.2, -0.15) is 8.78 Å². The second kappa shape index (κ2) is 9.72. The van der Waals surface area contributed by atoms with Gasteiger partial charge in [0.25, 0.3) is 0 Å². The van der Waals surface area contributed by atoms with Crippen LogP contribution in [0.1, 0.15) is 64.5 Å². The molecule has 0 spiro atoms. The van der Waals surface area contributed by atoms with Crippen LogP contribution < -0.4 is 10.1 Å². The summed E-state index contributed by atoms with van der Waals surface area (Å²) in [5.41, 5.74) is 0.978. The van der Waals surface area contributed by atoms with Crippen molar-refractivity contribution in [1.29, 1.82) is 0 Å². The Bertz CT molecular complexity index is 398. The molecule has 0 aliphatic carbocycles. The maximum Gasteiger partial charge on any atom is 0.387 e. The Labute approximate surface area is 126 Å². The summed E-state index contributed by atoms with van der Waals surface area (Å²) in [5, 5.41) is 3.61. The van der Waals surface area contributed by atoms with Gasteiger partial charge >= 0.3 is 6.61 Å². The average Bonchev–Trinajstić information content (AvgIpc) is 2.44. The molecule has 4 heteroatoms. The monoisotopic (exact) mass is 299 g/mol. The van der Waals surface area contributed by atoms with Crippen molar-refractivity contribution in [2.75, 3.05) is 0 Å². The van der Waals surface area contributed by atoms with Crippen molar-refractivity contribution in [1.82, 2.24) is 5.32 Å². The molecule has 0 amide bonds. The molecule has 1 N–H and O–H groups in total. The Morgan fingerprint density at radius 1 is 1.14 bits per heavy atom. The van der Waals surface area contributed by atoms with Gasteiger partial charge in [0.05, 0.1) is 0 Å². The predicted molar refractivity (Wildman–Crippen MR) is 82.8 cm³/mol. The highest BCUT2D eigenvalue weighted by atomic mass is 19.3.